The number of hydrogen-bond donors (Lipinski definition) is 1. The molecular formula is C27H30Cl2N4Ru. The predicted octanol–water partition coefficient (Wildman–Crippen LogP) is 8.07. The summed E-state index contributed by atoms with van der Waals surface area (Å²) in [5.41, 5.74) is 5.69. The van der Waals surface area contributed by atoms with Crippen LogP contribution < -0.4 is 5.32 Å². The zero-order chi connectivity index (χ0) is 24.8. The molecule has 1 N–H and O–H groups in total. The molecule has 0 aliphatic rings. The molecule has 180 valence electrons. The zero-order valence-corrected chi connectivity index (χ0v) is 22.9. The summed E-state index contributed by atoms with van der Waals surface area (Å²) < 4.78 is 0. The monoisotopic (exact) mass is 582 g/mol. The third-order valence-electron chi connectivity index (χ3n) is 5.03. The Labute approximate surface area is 222 Å². The summed E-state index contributed by atoms with van der Waals surface area (Å²) in [6, 6.07) is 22.3. The minimum atomic E-state index is 0.648. The Morgan fingerprint density at radius 2 is 1.71 bits per heavy atom. The first kappa shape index (κ1) is 28.2. The quantitative estimate of drug-likeness (QED) is 0.177. The third kappa shape index (κ3) is 9.68. The predicted molar refractivity (Wildman–Crippen MR) is 143 cm³/mol. The van der Waals surface area contributed by atoms with Gasteiger partial charge in [0.15, 0.2) is 0 Å². The molecule has 0 fully saturated rings. The van der Waals surface area contributed by atoms with Gasteiger partial charge in [0.2, 0.25) is 0 Å². The second kappa shape index (κ2) is 15.8. The molecule has 0 aliphatic carbocycles. The number of aryl methyl sites for hydroxylation is 1. The van der Waals surface area contributed by atoms with Gasteiger partial charge in [0, 0.05) is 34.2 Å². The SMILES string of the molecule is Cc1ccc(C(C)C)cc1.Clc1ccc2c(NCC[N-]Cc3ccccn3)ccnc2c1.[Cl][Ru+]. The number of halogens is 2. The summed E-state index contributed by atoms with van der Waals surface area (Å²) in [6.45, 7) is 8.69. The van der Waals surface area contributed by atoms with Gasteiger partial charge in [0.25, 0.3) is 0 Å². The van der Waals surface area contributed by atoms with Crippen molar-refractivity contribution in [1.29, 1.82) is 0 Å². The van der Waals surface area contributed by atoms with Gasteiger partial charge in [-0.2, -0.15) is 0 Å². The molecule has 0 unspecified atom stereocenters. The summed E-state index contributed by atoms with van der Waals surface area (Å²) >= 11 is 7.82. The summed E-state index contributed by atoms with van der Waals surface area (Å²) in [4.78, 5) is 8.58. The van der Waals surface area contributed by atoms with E-state index in [1.54, 1.807) is 12.4 Å². The number of pyridine rings is 2. The Kier molecular flexibility index (Phi) is 13.1. The molecule has 0 radical (unpaired) electrons. The van der Waals surface area contributed by atoms with Gasteiger partial charge < -0.3 is 10.6 Å². The maximum atomic E-state index is 5.99. The molecule has 0 saturated heterocycles. The number of hydrogen-bond acceptors (Lipinski definition) is 3. The second-order valence-electron chi connectivity index (χ2n) is 7.94. The minimum absolute atomic E-state index is 0.648. The van der Waals surface area contributed by atoms with Gasteiger partial charge in [-0.05, 0) is 61.3 Å². The van der Waals surface area contributed by atoms with E-state index in [-0.39, 0.29) is 0 Å². The molecule has 4 aromatic rings. The standard InChI is InChI=1S/C17H16ClN4.C10H14.ClH.Ru/c18-13-4-5-15-16(6-8-21-17(15)11-13)22-10-9-19-12-14-3-1-2-7-20-14;1-8(2)10-6-4-9(3)5-7-10;;/h1-8,11H,9-10,12H2,(H,21,22);4-8H,1-3H3;1H;/q-1;;;+2/p-1. The fraction of sp³-hybridized carbons (Fsp3) is 0.259. The van der Waals surface area contributed by atoms with Gasteiger partial charge in [-0.1, -0.05) is 61.3 Å². The van der Waals surface area contributed by atoms with E-state index in [1.165, 1.54) is 11.1 Å². The fourth-order valence-corrected chi connectivity index (χ4v) is 3.35. The van der Waals surface area contributed by atoms with E-state index in [2.05, 4.69) is 75.3 Å². The van der Waals surface area contributed by atoms with Crippen molar-refractivity contribution in [2.75, 3.05) is 18.4 Å². The molecule has 2 aromatic carbocycles. The number of nitrogens with zero attached hydrogens (tertiary/aromatic N) is 3. The number of fused-ring (bicyclic) bond motifs is 1. The van der Waals surface area contributed by atoms with Crippen molar-refractivity contribution >= 4 is 37.9 Å². The van der Waals surface area contributed by atoms with Crippen LogP contribution in [0, 0.1) is 6.92 Å². The van der Waals surface area contributed by atoms with Crippen LogP contribution in [-0.4, -0.2) is 23.1 Å². The van der Waals surface area contributed by atoms with Crippen LogP contribution in [0.2, 0.25) is 5.02 Å². The summed E-state index contributed by atoms with van der Waals surface area (Å²) in [5, 5.41) is 9.65. The van der Waals surface area contributed by atoms with Gasteiger partial charge in [-0.3, -0.25) is 9.97 Å². The molecule has 0 atom stereocenters. The molecule has 0 aliphatic heterocycles. The molecule has 0 amide bonds. The number of aromatic nitrogens is 2. The molecule has 7 heteroatoms. The van der Waals surface area contributed by atoms with E-state index in [4.69, 9.17) is 11.6 Å². The Balaban J connectivity index is 0.000000286. The second-order valence-corrected chi connectivity index (χ2v) is 8.37. The molecule has 0 bridgehead atoms. The van der Waals surface area contributed by atoms with Crippen molar-refractivity contribution in [3.05, 3.63) is 106 Å². The summed E-state index contributed by atoms with van der Waals surface area (Å²) in [7, 11) is 4.57. The molecule has 2 heterocycles. The van der Waals surface area contributed by atoms with Crippen LogP contribution in [0.25, 0.3) is 16.2 Å². The van der Waals surface area contributed by atoms with Crippen LogP contribution in [0.15, 0.2) is 79.1 Å². The van der Waals surface area contributed by atoms with Crippen LogP contribution >= 0.6 is 21.3 Å². The van der Waals surface area contributed by atoms with Gasteiger partial charge in [0.05, 0.1) is 5.52 Å². The average molecular weight is 583 g/mol. The molecule has 0 saturated carbocycles. The van der Waals surface area contributed by atoms with Crippen LogP contribution in [-0.2, 0) is 23.9 Å². The van der Waals surface area contributed by atoms with Gasteiger partial charge >= 0.3 is 27.0 Å². The third-order valence-corrected chi connectivity index (χ3v) is 5.27. The van der Waals surface area contributed by atoms with Gasteiger partial charge in [0.1, 0.15) is 0 Å². The van der Waals surface area contributed by atoms with Crippen LogP contribution in [0.3, 0.4) is 0 Å². The van der Waals surface area contributed by atoms with Crippen molar-refractivity contribution in [1.82, 2.24) is 9.97 Å². The molecule has 2 aromatic heterocycles. The molecule has 0 spiro atoms. The van der Waals surface area contributed by atoms with Gasteiger partial charge in [-0.25, -0.2) is 0 Å². The Hall–Kier alpha value is -2.04. The Morgan fingerprint density at radius 1 is 0.941 bits per heavy atom. The first-order chi connectivity index (χ1) is 16.5. The summed E-state index contributed by atoms with van der Waals surface area (Å²) in [6.07, 6.45) is 3.57. The topological polar surface area (TPSA) is 51.9 Å². The van der Waals surface area contributed by atoms with Crippen molar-refractivity contribution in [3.8, 4) is 0 Å². The van der Waals surface area contributed by atoms with E-state index < -0.39 is 0 Å². The fourth-order valence-electron chi connectivity index (χ4n) is 3.18. The molecule has 34 heavy (non-hydrogen) atoms. The summed E-state index contributed by atoms with van der Waals surface area (Å²) in [5.74, 6) is 0.653. The van der Waals surface area contributed by atoms with Crippen molar-refractivity contribution in [2.45, 2.75) is 33.2 Å². The maximum absolute atomic E-state index is 5.99. The average Bonchev–Trinajstić information content (AvgIpc) is 2.86. The van der Waals surface area contributed by atoms with Crippen LogP contribution in [0.1, 0.15) is 36.6 Å². The van der Waals surface area contributed by atoms with Gasteiger partial charge in [-0.15, -0.1) is 13.1 Å². The Morgan fingerprint density at radius 3 is 2.38 bits per heavy atom. The normalized spacial score (nSPS) is 10.2. The first-order valence-corrected chi connectivity index (χ1v) is 13.7. The van der Waals surface area contributed by atoms with E-state index in [0.29, 0.717) is 17.5 Å². The number of nitrogens with one attached hydrogen (secondary N) is 1. The molecule has 4 nitrogen and oxygen atoms in total. The number of anilines is 1. The van der Waals surface area contributed by atoms with E-state index in [1.807, 2.05) is 59.8 Å². The van der Waals surface area contributed by atoms with Crippen LogP contribution in [0.4, 0.5) is 5.69 Å². The number of benzene rings is 2. The number of rotatable bonds is 7. The van der Waals surface area contributed by atoms with Crippen molar-refractivity contribution in [3.63, 3.8) is 0 Å². The van der Waals surface area contributed by atoms with E-state index in [9.17, 15) is 0 Å². The zero-order valence-electron chi connectivity index (χ0n) is 19.7. The molecular weight excluding hydrogens is 552 g/mol. The van der Waals surface area contributed by atoms with E-state index in [0.717, 1.165) is 35.4 Å². The molecule has 4 rings (SSSR count). The van der Waals surface area contributed by atoms with E-state index >= 15 is 0 Å². The Bertz CT molecular complexity index is 1110. The van der Waals surface area contributed by atoms with Crippen molar-refractivity contribution < 1.29 is 17.3 Å². The van der Waals surface area contributed by atoms with Crippen LogP contribution in [0.5, 0.6) is 0 Å². The first-order valence-electron chi connectivity index (χ1n) is 11.0. The van der Waals surface area contributed by atoms with Crippen molar-refractivity contribution in [2.24, 2.45) is 0 Å².